The number of anilines is 2. The number of rotatable bonds is 9. The van der Waals surface area contributed by atoms with Crippen molar-refractivity contribution in [3.8, 4) is 5.75 Å². The predicted octanol–water partition coefficient (Wildman–Crippen LogP) is 5.23. The molecule has 1 saturated carbocycles. The number of carbonyl (C=O) groups excluding carboxylic acids is 4. The lowest BCUT2D eigenvalue weighted by molar-refractivity contribution is -0.125. The molecule has 3 aromatic rings. The number of allylic oxidation sites excluding steroid dienone is 1. The van der Waals surface area contributed by atoms with E-state index < -0.39 is 17.9 Å². The SMILES string of the molecule is [C-]#[N+]c1ccc(OC2CCC(NC(=O)c3ccc(N4CCC(CN5CCN(c6ccc7c(c6)C(=O)N(C6CCC(=C)NC6=O)C7=O)CC5)CC4)nn3)CC2)cc1Cl. The van der Waals surface area contributed by atoms with Gasteiger partial charge in [-0.05, 0) is 99.7 Å². The summed E-state index contributed by atoms with van der Waals surface area (Å²) in [5.41, 5.74) is 2.94. The van der Waals surface area contributed by atoms with Crippen molar-refractivity contribution in [1.29, 1.82) is 0 Å². The van der Waals surface area contributed by atoms with Crippen molar-refractivity contribution in [2.75, 3.05) is 55.6 Å². The van der Waals surface area contributed by atoms with Gasteiger partial charge in [0.2, 0.25) is 11.6 Å². The van der Waals surface area contributed by atoms with Gasteiger partial charge in [-0.3, -0.25) is 29.0 Å². The first-order chi connectivity index (χ1) is 27.6. The molecule has 2 aromatic carbocycles. The average Bonchev–Trinajstić information content (AvgIpc) is 3.47. The lowest BCUT2D eigenvalue weighted by Crippen LogP contribution is -2.51. The normalized spacial score (nSPS) is 23.2. The number of carbonyl (C=O) groups is 4. The van der Waals surface area contributed by atoms with Gasteiger partial charge in [0.15, 0.2) is 11.5 Å². The van der Waals surface area contributed by atoms with E-state index >= 15 is 0 Å². The zero-order valence-electron chi connectivity index (χ0n) is 31.8. The number of piperidine rings is 2. The molecule has 4 fully saturated rings. The first-order valence-corrected chi connectivity index (χ1v) is 20.2. The number of halogens is 1. The number of amides is 4. The summed E-state index contributed by atoms with van der Waals surface area (Å²) in [5, 5.41) is 14.9. The molecule has 14 nitrogen and oxygen atoms in total. The molecule has 0 spiro atoms. The molecule has 1 aromatic heterocycles. The molecule has 15 heteroatoms. The van der Waals surface area contributed by atoms with Crippen LogP contribution in [0.5, 0.6) is 5.75 Å². The molecule has 1 atom stereocenters. The zero-order chi connectivity index (χ0) is 39.6. The quantitative estimate of drug-likeness (QED) is 0.219. The fourth-order valence-corrected chi connectivity index (χ4v) is 8.89. The Morgan fingerprint density at radius 3 is 2.32 bits per heavy atom. The Morgan fingerprint density at radius 2 is 1.63 bits per heavy atom. The van der Waals surface area contributed by atoms with Crippen LogP contribution in [0.2, 0.25) is 5.02 Å². The van der Waals surface area contributed by atoms with Gasteiger partial charge < -0.3 is 25.2 Å². The smallest absolute Gasteiger partial charge is 0.272 e. The molecule has 5 heterocycles. The minimum atomic E-state index is -0.817. The van der Waals surface area contributed by atoms with E-state index in [9.17, 15) is 19.2 Å². The second kappa shape index (κ2) is 16.5. The highest BCUT2D eigenvalue weighted by Crippen LogP contribution is 2.33. The Morgan fingerprint density at radius 1 is 0.877 bits per heavy atom. The zero-order valence-corrected chi connectivity index (χ0v) is 32.5. The first kappa shape index (κ1) is 38.4. The van der Waals surface area contributed by atoms with Gasteiger partial charge >= 0.3 is 0 Å². The molecule has 2 N–H and O–H groups in total. The molecule has 57 heavy (non-hydrogen) atoms. The van der Waals surface area contributed by atoms with E-state index in [0.29, 0.717) is 57.7 Å². The van der Waals surface area contributed by atoms with Crippen molar-refractivity contribution >= 4 is 52.4 Å². The van der Waals surface area contributed by atoms with Crippen molar-refractivity contribution in [2.24, 2.45) is 5.92 Å². The number of nitrogens with zero attached hydrogens (tertiary/aromatic N) is 7. The number of aromatic nitrogens is 2. The third kappa shape index (κ3) is 8.31. The molecular weight excluding hydrogens is 746 g/mol. The van der Waals surface area contributed by atoms with Crippen LogP contribution in [0.25, 0.3) is 4.85 Å². The van der Waals surface area contributed by atoms with E-state index in [1.807, 2.05) is 18.2 Å². The maximum absolute atomic E-state index is 13.4. The highest BCUT2D eigenvalue weighted by Gasteiger charge is 2.44. The summed E-state index contributed by atoms with van der Waals surface area (Å²) in [5.74, 6) is 0.598. The predicted molar refractivity (Wildman–Crippen MR) is 215 cm³/mol. The molecule has 1 aliphatic carbocycles. The fourth-order valence-electron chi connectivity index (χ4n) is 8.68. The lowest BCUT2D eigenvalue weighted by atomic mass is 9.93. The number of hydrogen-bond acceptors (Lipinski definition) is 10. The van der Waals surface area contributed by atoms with E-state index in [1.165, 1.54) is 0 Å². The molecule has 296 valence electrons. The van der Waals surface area contributed by atoms with Gasteiger partial charge in [-0.1, -0.05) is 24.2 Å². The van der Waals surface area contributed by atoms with Gasteiger partial charge in [-0.15, -0.1) is 10.2 Å². The van der Waals surface area contributed by atoms with Gasteiger partial charge in [0.1, 0.15) is 11.8 Å². The number of hydrogen-bond donors (Lipinski definition) is 2. The van der Waals surface area contributed by atoms with Crippen molar-refractivity contribution < 1.29 is 23.9 Å². The summed E-state index contributed by atoms with van der Waals surface area (Å²) in [6.45, 7) is 17.2. The van der Waals surface area contributed by atoms with Gasteiger partial charge in [0.05, 0.1) is 28.8 Å². The molecule has 8 rings (SSSR count). The number of nitrogens with one attached hydrogen (secondary N) is 2. The van der Waals surface area contributed by atoms with Crippen LogP contribution in [-0.4, -0.2) is 108 Å². The molecule has 3 saturated heterocycles. The summed E-state index contributed by atoms with van der Waals surface area (Å²) in [4.78, 5) is 63.6. The molecule has 1 unspecified atom stereocenters. The fraction of sp³-hybridized carbons (Fsp3) is 0.452. The third-order valence-corrected chi connectivity index (χ3v) is 12.3. The first-order valence-electron chi connectivity index (χ1n) is 19.8. The largest absolute Gasteiger partial charge is 0.490 e. The number of fused-ring (bicyclic) bond motifs is 1. The number of piperazine rings is 1. The van der Waals surface area contributed by atoms with E-state index in [2.05, 4.69) is 47.0 Å². The summed E-state index contributed by atoms with van der Waals surface area (Å²) < 4.78 is 6.09. The van der Waals surface area contributed by atoms with Gasteiger partial charge in [0, 0.05) is 63.2 Å². The maximum Gasteiger partial charge on any atom is 0.272 e. The standard InChI is InChI=1S/C42H46ClN9O5/c1-26-3-13-37(40(54)45-26)52-41(55)32-10-6-29(23-33(32)42(52)56)50-21-19-49(20-22-50)25-27-15-17-51(18-16-27)38-14-12-36(47-48-38)39(53)46-28-4-7-30(8-5-28)57-31-9-11-35(44-2)34(43)24-31/h6,9-12,14,23-24,27-28,30,37H,1,3-5,7-8,13,15-22,25H2,(H,45,54)(H,46,53). The topological polar surface area (TPSA) is 145 Å². The monoisotopic (exact) mass is 791 g/mol. The van der Waals surface area contributed by atoms with Crippen LogP contribution in [0.3, 0.4) is 0 Å². The maximum atomic E-state index is 13.4. The second-order valence-electron chi connectivity index (χ2n) is 15.6. The van der Waals surface area contributed by atoms with Crippen molar-refractivity contribution in [3.05, 3.63) is 94.1 Å². The minimum absolute atomic E-state index is 0.0285. The van der Waals surface area contributed by atoms with Crippen LogP contribution in [0, 0.1) is 12.5 Å². The van der Waals surface area contributed by atoms with Crippen LogP contribution >= 0.6 is 11.6 Å². The minimum Gasteiger partial charge on any atom is -0.490 e. The number of imide groups is 1. The second-order valence-corrected chi connectivity index (χ2v) is 16.0. The van der Waals surface area contributed by atoms with E-state index in [0.717, 1.165) is 101 Å². The Bertz CT molecular complexity index is 2100. The van der Waals surface area contributed by atoms with Gasteiger partial charge in [-0.25, -0.2) is 4.85 Å². The van der Waals surface area contributed by atoms with E-state index in [-0.39, 0.29) is 24.0 Å². The Kier molecular flexibility index (Phi) is 11.1. The van der Waals surface area contributed by atoms with E-state index in [4.69, 9.17) is 22.9 Å². The molecule has 4 aliphatic heterocycles. The van der Waals surface area contributed by atoms with Crippen LogP contribution in [0.15, 0.2) is 60.8 Å². The van der Waals surface area contributed by atoms with Crippen molar-refractivity contribution in [2.45, 2.75) is 69.6 Å². The molecule has 0 radical (unpaired) electrons. The summed E-state index contributed by atoms with van der Waals surface area (Å²) in [7, 11) is 0. The number of benzene rings is 2. The molecule has 4 amide bonds. The average molecular weight is 792 g/mol. The molecule has 5 aliphatic rings. The van der Waals surface area contributed by atoms with Crippen LogP contribution in [-0.2, 0) is 4.79 Å². The van der Waals surface area contributed by atoms with E-state index in [1.54, 1.807) is 30.3 Å². The van der Waals surface area contributed by atoms with Crippen LogP contribution < -0.4 is 25.2 Å². The highest BCUT2D eigenvalue weighted by molar-refractivity contribution is 6.33. The Balaban J connectivity index is 0.753. The van der Waals surface area contributed by atoms with Gasteiger partial charge in [-0.2, -0.15) is 0 Å². The number of ether oxygens (including phenoxy) is 1. The molecule has 0 bridgehead atoms. The summed E-state index contributed by atoms with van der Waals surface area (Å²) in [6.07, 6.45) is 6.21. The summed E-state index contributed by atoms with van der Waals surface area (Å²) in [6, 6.07) is 13.4. The summed E-state index contributed by atoms with van der Waals surface area (Å²) >= 11 is 6.16. The lowest BCUT2D eigenvalue weighted by Gasteiger charge is -2.39. The highest BCUT2D eigenvalue weighted by atomic mass is 35.5. The van der Waals surface area contributed by atoms with Crippen molar-refractivity contribution in [3.63, 3.8) is 0 Å². The molecular formula is C42H46ClN9O5. The Hall–Kier alpha value is -5.52. The van der Waals surface area contributed by atoms with Gasteiger partial charge in [0.25, 0.3) is 17.7 Å². The third-order valence-electron chi connectivity index (χ3n) is 12.0. The van der Waals surface area contributed by atoms with Crippen LogP contribution in [0.4, 0.5) is 17.2 Å². The Labute approximate surface area is 337 Å². The van der Waals surface area contributed by atoms with Crippen molar-refractivity contribution in [1.82, 2.24) is 30.6 Å². The van der Waals surface area contributed by atoms with Crippen LogP contribution in [0.1, 0.15) is 82.6 Å².